The van der Waals surface area contributed by atoms with E-state index in [-0.39, 0.29) is 24.9 Å². The zero-order chi connectivity index (χ0) is 23.9. The normalized spacial score (nSPS) is 24.4. The van der Waals surface area contributed by atoms with E-state index < -0.39 is 41.0 Å². The molecule has 1 aliphatic heterocycles. The third-order valence-corrected chi connectivity index (χ3v) is 5.86. The van der Waals surface area contributed by atoms with Crippen LogP contribution in [0.2, 0.25) is 0 Å². The van der Waals surface area contributed by atoms with Gasteiger partial charge in [0.25, 0.3) is 0 Å². The van der Waals surface area contributed by atoms with Crippen molar-refractivity contribution < 1.29 is 28.2 Å². The van der Waals surface area contributed by atoms with Crippen LogP contribution in [-0.4, -0.2) is 50.1 Å². The molecule has 4 rings (SSSR count). The summed E-state index contributed by atoms with van der Waals surface area (Å²) in [5.74, 6) is -3.69. The molecule has 1 saturated carbocycles. The van der Waals surface area contributed by atoms with Crippen molar-refractivity contribution in [2.75, 3.05) is 20.9 Å². The fourth-order valence-corrected chi connectivity index (χ4v) is 4.22. The molecule has 1 fully saturated rings. The molecular formula is C21H25F3N6O3. The number of aliphatic hydroxyl groups is 1. The molecule has 178 valence electrons. The van der Waals surface area contributed by atoms with E-state index in [1.807, 2.05) is 13.8 Å². The predicted molar refractivity (Wildman–Crippen MR) is 115 cm³/mol. The van der Waals surface area contributed by atoms with E-state index in [1.165, 1.54) is 6.20 Å². The van der Waals surface area contributed by atoms with Gasteiger partial charge in [-0.25, -0.2) is 22.9 Å². The van der Waals surface area contributed by atoms with Crippen molar-refractivity contribution in [2.24, 2.45) is 0 Å². The van der Waals surface area contributed by atoms with Gasteiger partial charge in [-0.1, -0.05) is 0 Å². The Morgan fingerprint density at radius 1 is 1.24 bits per heavy atom. The highest BCUT2D eigenvalue weighted by Crippen LogP contribution is 2.40. The van der Waals surface area contributed by atoms with Crippen LogP contribution < -0.4 is 20.9 Å². The van der Waals surface area contributed by atoms with Crippen LogP contribution in [0.5, 0.6) is 0 Å². The summed E-state index contributed by atoms with van der Waals surface area (Å²) >= 11 is 0. The van der Waals surface area contributed by atoms with E-state index in [4.69, 9.17) is 0 Å². The van der Waals surface area contributed by atoms with E-state index in [0.717, 1.165) is 0 Å². The lowest BCUT2D eigenvalue weighted by molar-refractivity contribution is -0.162. The minimum Gasteiger partial charge on any atom is -0.479 e. The summed E-state index contributed by atoms with van der Waals surface area (Å²) in [5, 5.41) is 28.6. The number of hydrogen-bond acceptors (Lipinski definition) is 8. The van der Waals surface area contributed by atoms with Crippen molar-refractivity contribution in [3.8, 4) is 0 Å². The zero-order valence-electron chi connectivity index (χ0n) is 18.1. The maximum absolute atomic E-state index is 14.3. The van der Waals surface area contributed by atoms with Gasteiger partial charge in [-0.15, -0.1) is 0 Å². The van der Waals surface area contributed by atoms with Crippen molar-refractivity contribution in [1.82, 2.24) is 9.97 Å². The van der Waals surface area contributed by atoms with E-state index in [9.17, 15) is 28.2 Å². The molecule has 1 unspecified atom stereocenters. The van der Waals surface area contributed by atoms with Crippen molar-refractivity contribution in [3.05, 3.63) is 35.8 Å². The molecule has 0 saturated heterocycles. The van der Waals surface area contributed by atoms with Crippen LogP contribution in [0.1, 0.15) is 39.5 Å². The maximum atomic E-state index is 14.3. The molecule has 0 bridgehead atoms. The van der Waals surface area contributed by atoms with Gasteiger partial charge in [0.05, 0.1) is 11.9 Å². The minimum absolute atomic E-state index is 0.00695. The molecule has 1 aromatic heterocycles. The molecule has 1 aliphatic carbocycles. The molecule has 0 amide bonds. The first-order valence-corrected chi connectivity index (χ1v) is 10.6. The number of nitrogens with zero attached hydrogens (tertiary/aromatic N) is 3. The Labute approximate surface area is 188 Å². The quantitative estimate of drug-likeness (QED) is 0.437. The molecule has 9 nitrogen and oxygen atoms in total. The average Bonchev–Trinajstić information content (AvgIpc) is 3.08. The highest BCUT2D eigenvalue weighted by molar-refractivity contribution is 5.78. The molecular weight excluding hydrogens is 441 g/mol. The van der Waals surface area contributed by atoms with Crippen LogP contribution in [0, 0.1) is 17.5 Å². The van der Waals surface area contributed by atoms with Crippen LogP contribution >= 0.6 is 0 Å². The van der Waals surface area contributed by atoms with Crippen LogP contribution in [0.15, 0.2) is 18.3 Å². The van der Waals surface area contributed by atoms with Gasteiger partial charge in [-0.2, -0.15) is 4.98 Å². The predicted octanol–water partition coefficient (Wildman–Crippen LogP) is 3.10. The topological polar surface area (TPSA) is 123 Å². The van der Waals surface area contributed by atoms with Gasteiger partial charge in [0.15, 0.2) is 29.3 Å². The summed E-state index contributed by atoms with van der Waals surface area (Å²) in [7, 11) is 0. The number of carboxylic acids is 1. The number of aromatic nitrogens is 2. The first kappa shape index (κ1) is 22.9. The summed E-state index contributed by atoms with van der Waals surface area (Å²) in [6.45, 7) is 3.84. The van der Waals surface area contributed by atoms with Crippen molar-refractivity contribution >= 4 is 29.1 Å². The molecule has 1 aromatic carbocycles. The Balaban J connectivity index is 1.67. The van der Waals surface area contributed by atoms with E-state index >= 15 is 0 Å². The van der Waals surface area contributed by atoms with Crippen molar-refractivity contribution in [3.63, 3.8) is 0 Å². The Morgan fingerprint density at radius 3 is 2.45 bits per heavy atom. The molecule has 33 heavy (non-hydrogen) atoms. The number of carbonyl (C=O) groups is 1. The largest absolute Gasteiger partial charge is 0.479 e. The maximum Gasteiger partial charge on any atom is 0.335 e. The standard InChI is InChI=1S/C21H25F3N6O3/c1-10(2)26-19-25-9-15-17(29-19)30(12-3-5-21(33,6-4-12)18(31)32)20(27-15)28-16-13(23)7-11(22)8-14(16)24/h7-10,12,20,27-28,33H,3-6H2,1-2H3,(H,31,32)(H,25,26,29)/t12-,20?,21-. The number of hydrogen-bond donors (Lipinski definition) is 5. The number of halogens is 3. The Hall–Kier alpha value is -3.28. The van der Waals surface area contributed by atoms with Gasteiger partial charge in [0, 0.05) is 24.2 Å². The first-order chi connectivity index (χ1) is 15.6. The number of nitrogens with one attached hydrogen (secondary N) is 3. The number of fused-ring (bicyclic) bond motifs is 1. The first-order valence-electron chi connectivity index (χ1n) is 10.6. The monoisotopic (exact) mass is 466 g/mol. The third kappa shape index (κ3) is 4.47. The molecule has 2 aliphatic rings. The lowest BCUT2D eigenvalue weighted by Crippen LogP contribution is -2.53. The highest BCUT2D eigenvalue weighted by atomic mass is 19.1. The zero-order valence-corrected chi connectivity index (χ0v) is 18.1. The molecule has 0 spiro atoms. The lowest BCUT2D eigenvalue weighted by atomic mass is 9.81. The van der Waals surface area contributed by atoms with Gasteiger partial charge in [0.2, 0.25) is 5.95 Å². The Morgan fingerprint density at radius 2 is 1.88 bits per heavy atom. The fraction of sp³-hybridized carbons (Fsp3) is 0.476. The molecule has 5 N–H and O–H groups in total. The van der Waals surface area contributed by atoms with E-state index in [0.29, 0.717) is 42.4 Å². The van der Waals surface area contributed by atoms with Crippen molar-refractivity contribution in [1.29, 1.82) is 0 Å². The van der Waals surface area contributed by atoms with Gasteiger partial charge in [0.1, 0.15) is 11.5 Å². The second-order valence-corrected chi connectivity index (χ2v) is 8.64. The van der Waals surface area contributed by atoms with Gasteiger partial charge in [-0.3, -0.25) is 0 Å². The fourth-order valence-electron chi connectivity index (χ4n) is 4.22. The van der Waals surface area contributed by atoms with Crippen LogP contribution in [0.3, 0.4) is 0 Å². The summed E-state index contributed by atoms with van der Waals surface area (Å²) in [5.41, 5.74) is -1.83. The molecule has 2 heterocycles. The van der Waals surface area contributed by atoms with E-state index in [1.54, 1.807) is 4.90 Å². The number of rotatable bonds is 6. The SMILES string of the molecule is CC(C)Nc1ncc2c(n1)N([C@H]1CC[C@@](O)(C(=O)O)CC1)C(Nc1c(F)cc(F)cc1F)N2. The second-order valence-electron chi connectivity index (χ2n) is 8.64. The molecule has 2 aromatic rings. The summed E-state index contributed by atoms with van der Waals surface area (Å²) in [6, 6.07) is 0.915. The van der Waals surface area contributed by atoms with Crippen LogP contribution in [0.4, 0.5) is 36.3 Å². The molecule has 0 radical (unpaired) electrons. The average molecular weight is 466 g/mol. The third-order valence-electron chi connectivity index (χ3n) is 5.86. The molecule has 1 atom stereocenters. The van der Waals surface area contributed by atoms with Crippen LogP contribution in [0.25, 0.3) is 0 Å². The second kappa shape index (κ2) is 8.58. The smallest absolute Gasteiger partial charge is 0.335 e. The number of benzene rings is 1. The van der Waals surface area contributed by atoms with Gasteiger partial charge in [-0.05, 0) is 39.5 Å². The number of anilines is 4. The Kier molecular flexibility index (Phi) is 5.95. The highest BCUT2D eigenvalue weighted by Gasteiger charge is 2.45. The molecule has 12 heteroatoms. The van der Waals surface area contributed by atoms with Gasteiger partial charge < -0.3 is 31.1 Å². The van der Waals surface area contributed by atoms with Crippen LogP contribution in [-0.2, 0) is 4.79 Å². The lowest BCUT2D eigenvalue weighted by Gasteiger charge is -2.40. The van der Waals surface area contributed by atoms with E-state index in [2.05, 4.69) is 25.9 Å². The number of aliphatic carboxylic acids is 1. The minimum atomic E-state index is -1.82. The van der Waals surface area contributed by atoms with Gasteiger partial charge >= 0.3 is 5.97 Å². The number of carboxylic acid groups (broad SMARTS) is 1. The summed E-state index contributed by atoms with van der Waals surface area (Å²) in [4.78, 5) is 22.0. The summed E-state index contributed by atoms with van der Waals surface area (Å²) in [6.07, 6.45) is 1.27. The van der Waals surface area contributed by atoms with Crippen molar-refractivity contribution in [2.45, 2.75) is 63.5 Å². The Bertz CT molecular complexity index is 1040. The summed E-state index contributed by atoms with van der Waals surface area (Å²) < 4.78 is 42.0.